The first kappa shape index (κ1) is 16.4. The second kappa shape index (κ2) is 6.71. The Kier molecular flexibility index (Phi) is 4.24. The topological polar surface area (TPSA) is 65.1 Å². The first-order chi connectivity index (χ1) is 12.6. The van der Waals surface area contributed by atoms with Gasteiger partial charge in [-0.05, 0) is 36.8 Å². The number of hydrogen-bond donors (Lipinski definition) is 0. The summed E-state index contributed by atoms with van der Waals surface area (Å²) >= 11 is 0. The predicted octanol–water partition coefficient (Wildman–Crippen LogP) is 2.72. The summed E-state index contributed by atoms with van der Waals surface area (Å²) in [6.45, 7) is 3.22. The molecule has 0 spiro atoms. The van der Waals surface area contributed by atoms with Crippen molar-refractivity contribution in [2.45, 2.75) is 13.3 Å². The first-order valence-corrected chi connectivity index (χ1v) is 8.58. The average Bonchev–Trinajstić information content (AvgIpc) is 3.03. The maximum atomic E-state index is 12.4. The quantitative estimate of drug-likeness (QED) is 0.627. The molecule has 6 heteroatoms. The lowest BCUT2D eigenvalue weighted by atomic mass is 10.1. The maximum absolute atomic E-state index is 12.4. The Labute approximate surface area is 151 Å². The van der Waals surface area contributed by atoms with Gasteiger partial charge in [-0.3, -0.25) is 9.59 Å². The number of esters is 1. The number of hydrogen-bond acceptors (Lipinski definition) is 5. The molecule has 0 aromatic heterocycles. The molecule has 1 atom stereocenters. The Morgan fingerprint density at radius 2 is 1.92 bits per heavy atom. The summed E-state index contributed by atoms with van der Waals surface area (Å²) < 4.78 is 16.5. The van der Waals surface area contributed by atoms with Crippen LogP contribution in [0.1, 0.15) is 12.0 Å². The minimum absolute atomic E-state index is 0.104. The van der Waals surface area contributed by atoms with Gasteiger partial charge in [-0.2, -0.15) is 0 Å². The van der Waals surface area contributed by atoms with E-state index < -0.39 is 5.92 Å². The zero-order valence-electron chi connectivity index (χ0n) is 14.4. The third-order valence-electron chi connectivity index (χ3n) is 4.50. The molecule has 0 saturated carbocycles. The van der Waals surface area contributed by atoms with Gasteiger partial charge in [0.2, 0.25) is 5.91 Å². The van der Waals surface area contributed by atoms with Crippen molar-refractivity contribution < 1.29 is 23.8 Å². The molecule has 26 heavy (non-hydrogen) atoms. The van der Waals surface area contributed by atoms with Gasteiger partial charge < -0.3 is 19.1 Å². The van der Waals surface area contributed by atoms with Crippen LogP contribution in [0.4, 0.5) is 5.69 Å². The second-order valence-corrected chi connectivity index (χ2v) is 6.47. The van der Waals surface area contributed by atoms with E-state index in [0.29, 0.717) is 42.7 Å². The lowest BCUT2D eigenvalue weighted by molar-refractivity contribution is -0.139. The molecule has 0 N–H and O–H groups in total. The van der Waals surface area contributed by atoms with Crippen molar-refractivity contribution >= 4 is 17.6 Å². The number of nitrogens with zero attached hydrogens (tertiary/aromatic N) is 1. The van der Waals surface area contributed by atoms with Crippen molar-refractivity contribution in [3.8, 4) is 17.2 Å². The molecule has 0 bridgehead atoms. The minimum atomic E-state index is -0.490. The smallest absolute Gasteiger partial charge is 0.316 e. The molecule has 2 heterocycles. The standard InChI is InChI=1S/C20H19NO5/c1-13-3-2-4-16(9-13)26-20(23)14-10-19(22)21(12-14)15-5-6-17-18(11-15)25-8-7-24-17/h2-6,9,11,14H,7-8,10,12H2,1H3/t14-/m1/s1. The zero-order chi connectivity index (χ0) is 18.1. The van der Waals surface area contributed by atoms with Crippen LogP contribution in [0.2, 0.25) is 0 Å². The number of ether oxygens (including phenoxy) is 3. The van der Waals surface area contributed by atoms with Crippen LogP contribution in [0, 0.1) is 12.8 Å². The van der Waals surface area contributed by atoms with Crippen molar-refractivity contribution in [3.63, 3.8) is 0 Å². The van der Waals surface area contributed by atoms with Crippen LogP contribution in [0.5, 0.6) is 17.2 Å². The molecule has 4 rings (SSSR count). The molecule has 134 valence electrons. The van der Waals surface area contributed by atoms with E-state index in [9.17, 15) is 9.59 Å². The van der Waals surface area contributed by atoms with Crippen molar-refractivity contribution in [2.75, 3.05) is 24.7 Å². The van der Waals surface area contributed by atoms with Gasteiger partial charge in [0.15, 0.2) is 11.5 Å². The Bertz CT molecular complexity index is 863. The molecule has 0 unspecified atom stereocenters. The van der Waals surface area contributed by atoms with Gasteiger partial charge in [0.25, 0.3) is 0 Å². The highest BCUT2D eigenvalue weighted by Crippen LogP contribution is 2.36. The zero-order valence-corrected chi connectivity index (χ0v) is 14.4. The van der Waals surface area contributed by atoms with Crippen LogP contribution in [0.15, 0.2) is 42.5 Å². The molecule has 6 nitrogen and oxygen atoms in total. The first-order valence-electron chi connectivity index (χ1n) is 8.58. The maximum Gasteiger partial charge on any atom is 0.316 e. The molecule has 2 aromatic rings. The van der Waals surface area contributed by atoms with Crippen molar-refractivity contribution in [1.82, 2.24) is 0 Å². The van der Waals surface area contributed by atoms with Gasteiger partial charge in [0.05, 0.1) is 5.92 Å². The molecule has 1 fully saturated rings. The molecule has 1 amide bonds. The molecule has 0 radical (unpaired) electrons. The summed E-state index contributed by atoms with van der Waals surface area (Å²) in [6, 6.07) is 12.7. The van der Waals surface area contributed by atoms with E-state index in [2.05, 4.69) is 0 Å². The highest BCUT2D eigenvalue weighted by atomic mass is 16.6. The molecular formula is C20H19NO5. The Morgan fingerprint density at radius 1 is 1.12 bits per heavy atom. The number of aryl methyl sites for hydroxylation is 1. The number of anilines is 1. The fourth-order valence-corrected chi connectivity index (χ4v) is 3.19. The summed E-state index contributed by atoms with van der Waals surface area (Å²) in [4.78, 5) is 26.4. The van der Waals surface area contributed by atoms with Gasteiger partial charge in [0.1, 0.15) is 19.0 Å². The van der Waals surface area contributed by atoms with Gasteiger partial charge in [-0.15, -0.1) is 0 Å². The van der Waals surface area contributed by atoms with E-state index in [1.54, 1.807) is 35.2 Å². The predicted molar refractivity (Wildman–Crippen MR) is 94.7 cm³/mol. The monoisotopic (exact) mass is 353 g/mol. The summed E-state index contributed by atoms with van der Waals surface area (Å²) in [5.74, 6) is 0.808. The van der Waals surface area contributed by atoms with Crippen molar-refractivity contribution in [1.29, 1.82) is 0 Å². The number of carbonyl (C=O) groups excluding carboxylic acids is 2. The minimum Gasteiger partial charge on any atom is -0.486 e. The number of fused-ring (bicyclic) bond motifs is 1. The highest BCUT2D eigenvalue weighted by Gasteiger charge is 2.36. The molecule has 1 saturated heterocycles. The average molecular weight is 353 g/mol. The number of carbonyl (C=O) groups is 2. The lowest BCUT2D eigenvalue weighted by Crippen LogP contribution is -2.27. The normalized spacial score (nSPS) is 18.7. The Hall–Kier alpha value is -3.02. The van der Waals surface area contributed by atoms with Crippen LogP contribution in [0.25, 0.3) is 0 Å². The van der Waals surface area contributed by atoms with Crippen molar-refractivity contribution in [3.05, 3.63) is 48.0 Å². The molecular weight excluding hydrogens is 334 g/mol. The van der Waals surface area contributed by atoms with Crippen molar-refractivity contribution in [2.24, 2.45) is 5.92 Å². The molecule has 2 aliphatic rings. The van der Waals surface area contributed by atoms with Crippen LogP contribution < -0.4 is 19.1 Å². The van der Waals surface area contributed by atoms with E-state index in [0.717, 1.165) is 5.56 Å². The number of benzene rings is 2. The van der Waals surface area contributed by atoms with Gasteiger partial charge in [0, 0.05) is 24.7 Å². The summed E-state index contributed by atoms with van der Waals surface area (Å²) in [6.07, 6.45) is 0.138. The number of rotatable bonds is 3. The Morgan fingerprint density at radius 3 is 2.73 bits per heavy atom. The lowest BCUT2D eigenvalue weighted by Gasteiger charge is -2.22. The Balaban J connectivity index is 1.47. The van der Waals surface area contributed by atoms with Crippen LogP contribution in [-0.4, -0.2) is 31.6 Å². The largest absolute Gasteiger partial charge is 0.486 e. The fourth-order valence-electron chi connectivity index (χ4n) is 3.19. The summed E-state index contributed by atoms with van der Waals surface area (Å²) in [7, 11) is 0. The molecule has 2 aromatic carbocycles. The third kappa shape index (κ3) is 3.22. The van der Waals surface area contributed by atoms with Crippen LogP contribution >= 0.6 is 0 Å². The van der Waals surface area contributed by atoms with Crippen LogP contribution in [0.3, 0.4) is 0 Å². The van der Waals surface area contributed by atoms with E-state index >= 15 is 0 Å². The van der Waals surface area contributed by atoms with Crippen LogP contribution in [-0.2, 0) is 9.59 Å². The number of amides is 1. The summed E-state index contributed by atoms with van der Waals surface area (Å²) in [5, 5.41) is 0. The SMILES string of the molecule is Cc1cccc(OC(=O)[C@@H]2CC(=O)N(c3ccc4c(c3)OCCO4)C2)c1. The van der Waals surface area contributed by atoms with Gasteiger partial charge in [-0.25, -0.2) is 0 Å². The van der Waals surface area contributed by atoms with E-state index in [-0.39, 0.29) is 18.3 Å². The molecule has 0 aliphatic carbocycles. The molecule has 2 aliphatic heterocycles. The second-order valence-electron chi connectivity index (χ2n) is 6.47. The van der Waals surface area contributed by atoms with E-state index in [4.69, 9.17) is 14.2 Å². The summed E-state index contributed by atoms with van der Waals surface area (Å²) in [5.41, 5.74) is 1.71. The third-order valence-corrected chi connectivity index (χ3v) is 4.50. The highest BCUT2D eigenvalue weighted by molar-refractivity contribution is 6.00. The van der Waals surface area contributed by atoms with E-state index in [1.807, 2.05) is 19.1 Å². The van der Waals surface area contributed by atoms with E-state index in [1.165, 1.54) is 0 Å². The fraction of sp³-hybridized carbons (Fsp3) is 0.300. The van der Waals surface area contributed by atoms with Gasteiger partial charge >= 0.3 is 5.97 Å². The van der Waals surface area contributed by atoms with Gasteiger partial charge in [-0.1, -0.05) is 12.1 Å².